The van der Waals surface area contributed by atoms with Crippen molar-refractivity contribution in [3.8, 4) is 0 Å². The quantitative estimate of drug-likeness (QED) is 0.0993. The van der Waals surface area contributed by atoms with Crippen LogP contribution in [0.15, 0.2) is 23.3 Å². The molecule has 72 heavy (non-hydrogen) atoms. The third-order valence-electron chi connectivity index (χ3n) is 19.5. The standard InChI is InChI=1S/C55H88O17/c1-14-27(2)52(59)70-43-23-38-37(55(60)20-18-36(28(3)56)54(43,55)9)16-15-33-21-34(17-19-53(33,38)8)69-44-26-42(63-12)49(31(6)68-44)71-45-24-39(61-10)35(29(4)66-45)22-41-48(58)51(64-13)50(32(7)65-41)72-46-25-40(62-11)47(57)30(5)67-46/h14-15,29-32,34-51,57-58,60H,16-26H2,1-13H3/b27-14+/t29?,30?,31?,32?,34-,35?,36+,37?,38?,39?,40?,41?,42?,43+,44?,45?,46?,47?,48?,49?,50?,51?,53-,54-,55-/m0/s1. The molecule has 8 aliphatic rings. The van der Waals surface area contributed by atoms with Gasteiger partial charge < -0.3 is 72.2 Å². The van der Waals surface area contributed by atoms with Gasteiger partial charge in [-0.3, -0.25) is 4.79 Å². The first-order valence-corrected chi connectivity index (χ1v) is 27.0. The van der Waals surface area contributed by atoms with Gasteiger partial charge in [0.05, 0.1) is 60.5 Å². The molecule has 3 saturated carbocycles. The second-order valence-electron chi connectivity index (χ2n) is 23.1. The van der Waals surface area contributed by atoms with E-state index in [1.54, 1.807) is 55.3 Å². The van der Waals surface area contributed by atoms with E-state index in [0.717, 1.165) is 19.3 Å². The molecular formula is C55H88O17. The molecule has 0 spiro atoms. The van der Waals surface area contributed by atoms with Crippen LogP contribution in [0.1, 0.15) is 133 Å². The van der Waals surface area contributed by atoms with Crippen LogP contribution in [-0.4, -0.2) is 172 Å². The van der Waals surface area contributed by atoms with Crippen molar-refractivity contribution in [3.63, 3.8) is 0 Å². The molecule has 8 rings (SSSR count). The van der Waals surface area contributed by atoms with Gasteiger partial charge in [0.15, 0.2) is 18.9 Å². The van der Waals surface area contributed by atoms with Crippen LogP contribution in [0.5, 0.6) is 0 Å². The van der Waals surface area contributed by atoms with Crippen LogP contribution in [0.3, 0.4) is 0 Å². The van der Waals surface area contributed by atoms with E-state index in [0.29, 0.717) is 56.9 Å². The summed E-state index contributed by atoms with van der Waals surface area (Å²) in [5, 5.41) is 35.0. The van der Waals surface area contributed by atoms with E-state index >= 15 is 0 Å². The van der Waals surface area contributed by atoms with E-state index in [1.807, 2.05) is 34.6 Å². The SMILES string of the molecule is C/C=C(\C)C(=O)O[C@@H]1CC2C(CC=C3C[C@@H](OC4CC(OC)C(OC5CC(OC)C(CC6OC(C)C(OC7CC(OC)C(O)C(C)O7)C(OC)C6O)C(C)O5)C(C)O4)CC[C@@]32C)[C@@]2(O)CC[C@H](C(C)=O)[C@@]12C. The lowest BCUT2D eigenvalue weighted by molar-refractivity contribution is -0.322. The van der Waals surface area contributed by atoms with Gasteiger partial charge in [0.2, 0.25) is 0 Å². The molecule has 0 amide bonds. The Bertz CT molecular complexity index is 1950. The number of carbonyl (C=O) groups is 2. The Hall–Kier alpha value is -1.94. The highest BCUT2D eigenvalue weighted by Crippen LogP contribution is 2.69. The van der Waals surface area contributed by atoms with E-state index in [2.05, 4.69) is 13.0 Å². The van der Waals surface area contributed by atoms with Crippen molar-refractivity contribution in [2.24, 2.45) is 34.5 Å². The van der Waals surface area contributed by atoms with Gasteiger partial charge in [0.1, 0.15) is 42.4 Å². The molecule has 4 aliphatic carbocycles. The van der Waals surface area contributed by atoms with Gasteiger partial charge in [-0.2, -0.15) is 0 Å². The fourth-order valence-electron chi connectivity index (χ4n) is 15.0. The molecule has 3 N–H and O–H groups in total. The van der Waals surface area contributed by atoms with Crippen LogP contribution >= 0.6 is 0 Å². The number of aliphatic hydroxyl groups is 3. The maximum atomic E-state index is 13.4. The summed E-state index contributed by atoms with van der Waals surface area (Å²) >= 11 is 0. The lowest BCUT2D eigenvalue weighted by Crippen LogP contribution is -2.66. The summed E-state index contributed by atoms with van der Waals surface area (Å²) in [5.74, 6) is -0.877. The number of methoxy groups -OCH3 is 4. The number of fused-ring (bicyclic) bond motifs is 5. The highest BCUT2D eigenvalue weighted by Gasteiger charge is 2.71. The van der Waals surface area contributed by atoms with Gasteiger partial charge in [-0.15, -0.1) is 0 Å². The van der Waals surface area contributed by atoms with Crippen molar-refractivity contribution >= 4 is 11.8 Å². The Morgan fingerprint density at radius 1 is 0.708 bits per heavy atom. The second kappa shape index (κ2) is 22.6. The van der Waals surface area contributed by atoms with Crippen LogP contribution in [0, 0.1) is 34.5 Å². The first-order chi connectivity index (χ1) is 34.1. The van der Waals surface area contributed by atoms with E-state index in [4.69, 9.17) is 56.8 Å². The van der Waals surface area contributed by atoms with Crippen molar-refractivity contribution in [2.45, 2.75) is 249 Å². The monoisotopic (exact) mass is 1020 g/mol. The summed E-state index contributed by atoms with van der Waals surface area (Å²) in [7, 11) is 6.47. The summed E-state index contributed by atoms with van der Waals surface area (Å²) in [6.07, 6.45) is 1.09. The molecule has 0 aromatic carbocycles. The Balaban J connectivity index is 0.864. The highest BCUT2D eigenvalue weighted by atomic mass is 16.7. The fourth-order valence-corrected chi connectivity index (χ4v) is 15.0. The normalized spacial score (nSPS) is 49.8. The van der Waals surface area contributed by atoms with Crippen molar-refractivity contribution in [1.29, 1.82) is 0 Å². The van der Waals surface area contributed by atoms with Gasteiger partial charge in [-0.1, -0.05) is 31.6 Å². The topological polar surface area (TPSA) is 206 Å². The lowest BCUT2D eigenvalue weighted by atomic mass is 9.45. The highest BCUT2D eigenvalue weighted by molar-refractivity contribution is 5.88. The van der Waals surface area contributed by atoms with Crippen molar-refractivity contribution in [3.05, 3.63) is 23.3 Å². The van der Waals surface area contributed by atoms with Gasteiger partial charge in [-0.05, 0) is 117 Å². The summed E-state index contributed by atoms with van der Waals surface area (Å²) in [4.78, 5) is 26.5. The Morgan fingerprint density at radius 2 is 1.32 bits per heavy atom. The van der Waals surface area contributed by atoms with Crippen molar-refractivity contribution < 1.29 is 81.8 Å². The number of Topliss-reactive ketones (excluding diaryl/α,β-unsaturated/α-hetero) is 1. The minimum absolute atomic E-state index is 0.0396. The van der Waals surface area contributed by atoms with Crippen LogP contribution in [0.25, 0.3) is 0 Å². The number of ether oxygens (including phenoxy) is 12. The maximum Gasteiger partial charge on any atom is 0.333 e. The number of hydrogen-bond donors (Lipinski definition) is 3. The first-order valence-electron chi connectivity index (χ1n) is 27.0. The molecule has 0 bridgehead atoms. The summed E-state index contributed by atoms with van der Waals surface area (Å²) < 4.78 is 75.4. The molecule has 17 heteroatoms. The van der Waals surface area contributed by atoms with Crippen LogP contribution in [-0.2, 0) is 66.4 Å². The lowest BCUT2D eigenvalue weighted by Gasteiger charge is -2.63. The van der Waals surface area contributed by atoms with Gasteiger partial charge in [0, 0.05) is 70.5 Å². The Morgan fingerprint density at radius 3 is 1.97 bits per heavy atom. The number of allylic oxidation sites excluding steroid dienone is 2. The van der Waals surface area contributed by atoms with Gasteiger partial charge in [0.25, 0.3) is 0 Å². The maximum absolute atomic E-state index is 13.4. The predicted molar refractivity (Wildman–Crippen MR) is 261 cm³/mol. The first kappa shape index (κ1) is 56.3. The van der Waals surface area contributed by atoms with E-state index in [-0.39, 0.29) is 65.4 Å². The average Bonchev–Trinajstić information content (AvgIpc) is 3.64. The molecular weight excluding hydrogens is 933 g/mol. The molecule has 4 saturated heterocycles. The van der Waals surface area contributed by atoms with Gasteiger partial charge in [-0.25, -0.2) is 4.79 Å². The molecule has 7 fully saturated rings. The molecule has 4 heterocycles. The molecule has 25 atom stereocenters. The largest absolute Gasteiger partial charge is 0.458 e. The smallest absolute Gasteiger partial charge is 0.333 e. The Kier molecular flexibility index (Phi) is 17.6. The number of hydrogen-bond acceptors (Lipinski definition) is 17. The minimum atomic E-state index is -1.15. The van der Waals surface area contributed by atoms with Gasteiger partial charge >= 0.3 is 5.97 Å². The third-order valence-corrected chi connectivity index (χ3v) is 19.5. The minimum Gasteiger partial charge on any atom is -0.458 e. The molecule has 0 aromatic rings. The van der Waals surface area contributed by atoms with E-state index < -0.39 is 96.9 Å². The number of aliphatic hydroxyl groups excluding tert-OH is 2. The average molecular weight is 1020 g/mol. The molecule has 0 aromatic heterocycles. The second-order valence-corrected chi connectivity index (χ2v) is 23.1. The number of esters is 1. The fraction of sp³-hybridized carbons (Fsp3) is 0.891. The zero-order valence-corrected chi connectivity index (χ0v) is 45.2. The number of ketones is 1. The molecule has 0 radical (unpaired) electrons. The zero-order chi connectivity index (χ0) is 52.2. The molecule has 4 aliphatic heterocycles. The number of rotatable bonds is 15. The summed E-state index contributed by atoms with van der Waals surface area (Å²) in [6, 6.07) is 0. The molecule has 19 unspecified atom stereocenters. The predicted octanol–water partition coefficient (Wildman–Crippen LogP) is 5.89. The van der Waals surface area contributed by atoms with E-state index in [9.17, 15) is 24.9 Å². The van der Waals surface area contributed by atoms with Crippen LogP contribution in [0.4, 0.5) is 0 Å². The number of carbonyl (C=O) groups excluding carboxylic acids is 2. The third kappa shape index (κ3) is 10.3. The van der Waals surface area contributed by atoms with Crippen molar-refractivity contribution in [2.75, 3.05) is 28.4 Å². The van der Waals surface area contributed by atoms with E-state index in [1.165, 1.54) is 5.57 Å². The van der Waals surface area contributed by atoms with Crippen molar-refractivity contribution in [1.82, 2.24) is 0 Å². The molecule has 17 nitrogen and oxygen atoms in total. The molecule has 410 valence electrons. The van der Waals surface area contributed by atoms with Crippen LogP contribution in [0.2, 0.25) is 0 Å². The Labute approximate surface area is 427 Å². The summed E-state index contributed by atoms with van der Waals surface area (Å²) in [5.41, 5.74) is -0.449. The van der Waals surface area contributed by atoms with Crippen LogP contribution < -0.4 is 0 Å². The zero-order valence-electron chi connectivity index (χ0n) is 45.2. The summed E-state index contributed by atoms with van der Waals surface area (Å²) in [6.45, 7) is 17.1.